The lowest BCUT2D eigenvalue weighted by Gasteiger charge is -2.38. The quantitative estimate of drug-likeness (QED) is 0.919. The molecule has 0 aliphatic carbocycles. The van der Waals surface area contributed by atoms with E-state index in [4.69, 9.17) is 17.3 Å². The second-order valence-corrected chi connectivity index (χ2v) is 7.55. The van der Waals surface area contributed by atoms with Gasteiger partial charge in [-0.2, -0.15) is 0 Å². The highest BCUT2D eigenvalue weighted by Crippen LogP contribution is 2.22. The molecule has 1 aliphatic rings. The zero-order valence-corrected chi connectivity index (χ0v) is 14.7. The first-order chi connectivity index (χ1) is 10.7. The van der Waals surface area contributed by atoms with Gasteiger partial charge >= 0.3 is 0 Å². The average molecular weight is 342 g/mol. The Labute approximate surface area is 142 Å². The molecule has 2 N–H and O–H groups in total. The minimum atomic E-state index is -0.505. The van der Waals surface area contributed by atoms with Gasteiger partial charge in [0.2, 0.25) is 5.91 Å². The summed E-state index contributed by atoms with van der Waals surface area (Å²) in [5.74, 6) is -0.299. The first kappa shape index (κ1) is 18.2. The Morgan fingerprint density at radius 2 is 1.91 bits per heavy atom. The third-order valence-corrected chi connectivity index (χ3v) is 4.68. The molecule has 128 valence electrons. The second kappa shape index (κ2) is 7.16. The fraction of sp³-hybridized carbons (Fsp3) is 0.588. The minimum absolute atomic E-state index is 0.0129. The third-order valence-electron chi connectivity index (χ3n) is 4.33. The van der Waals surface area contributed by atoms with Crippen LogP contribution in [-0.4, -0.2) is 47.9 Å². The van der Waals surface area contributed by atoms with Crippen LogP contribution >= 0.6 is 11.6 Å². The highest BCUT2D eigenvalue weighted by Gasteiger charge is 2.32. The second-order valence-electron chi connectivity index (χ2n) is 7.15. The van der Waals surface area contributed by atoms with Gasteiger partial charge in [-0.05, 0) is 17.5 Å². The van der Waals surface area contributed by atoms with Gasteiger partial charge < -0.3 is 10.6 Å². The summed E-state index contributed by atoms with van der Waals surface area (Å²) in [5, 5.41) is 0.443. The van der Waals surface area contributed by atoms with Gasteiger partial charge in [0, 0.05) is 43.3 Å². The normalized spacial score (nSPS) is 18.1. The molecule has 1 aromatic rings. The number of amides is 1. The molecule has 1 atom stereocenters. The summed E-state index contributed by atoms with van der Waals surface area (Å²) in [6, 6.07) is 4.21. The van der Waals surface area contributed by atoms with E-state index in [1.54, 1.807) is 17.0 Å². The van der Waals surface area contributed by atoms with Crippen molar-refractivity contribution in [2.75, 3.05) is 26.2 Å². The fourth-order valence-electron chi connectivity index (χ4n) is 2.60. The minimum Gasteiger partial charge on any atom is -0.339 e. The summed E-state index contributed by atoms with van der Waals surface area (Å²) in [6.45, 7) is 8.94. The number of nitrogens with two attached hydrogens (primary N) is 1. The van der Waals surface area contributed by atoms with Gasteiger partial charge in [0.1, 0.15) is 5.82 Å². The molecule has 23 heavy (non-hydrogen) atoms. The highest BCUT2D eigenvalue weighted by molar-refractivity contribution is 6.31. The van der Waals surface area contributed by atoms with E-state index in [1.807, 2.05) is 20.8 Å². The maximum absolute atomic E-state index is 13.9. The Kier molecular flexibility index (Phi) is 5.65. The van der Waals surface area contributed by atoms with E-state index in [-0.39, 0.29) is 17.1 Å². The van der Waals surface area contributed by atoms with Crippen molar-refractivity contribution in [1.29, 1.82) is 0 Å². The summed E-state index contributed by atoms with van der Waals surface area (Å²) < 4.78 is 13.9. The van der Waals surface area contributed by atoms with Crippen LogP contribution in [0.25, 0.3) is 0 Å². The van der Waals surface area contributed by atoms with Crippen molar-refractivity contribution in [3.05, 3.63) is 34.6 Å². The van der Waals surface area contributed by atoms with Crippen molar-refractivity contribution in [3.63, 3.8) is 0 Å². The Morgan fingerprint density at radius 3 is 2.43 bits per heavy atom. The Hall–Kier alpha value is -1.17. The number of hydrogen-bond donors (Lipinski definition) is 1. The Balaban J connectivity index is 1.93. The molecule has 1 aromatic carbocycles. The van der Waals surface area contributed by atoms with Gasteiger partial charge in [0.15, 0.2) is 0 Å². The SMILES string of the molecule is CC(C)(C)[C@H](N)C(=O)N1CCN(Cc2c(F)cccc2Cl)CC1. The number of rotatable bonds is 3. The maximum atomic E-state index is 13.9. The monoisotopic (exact) mass is 341 g/mol. The van der Waals surface area contributed by atoms with Crippen molar-refractivity contribution < 1.29 is 9.18 Å². The van der Waals surface area contributed by atoms with Crippen LogP contribution in [0.1, 0.15) is 26.3 Å². The van der Waals surface area contributed by atoms with Crippen molar-refractivity contribution in [3.8, 4) is 0 Å². The fourth-order valence-corrected chi connectivity index (χ4v) is 2.82. The van der Waals surface area contributed by atoms with Gasteiger partial charge in [-0.15, -0.1) is 0 Å². The molecule has 0 unspecified atom stereocenters. The number of benzene rings is 1. The predicted octanol–water partition coefficient (Wildman–Crippen LogP) is 2.50. The molecule has 1 saturated heterocycles. The molecule has 2 rings (SSSR count). The van der Waals surface area contributed by atoms with Gasteiger partial charge in [-0.25, -0.2) is 4.39 Å². The van der Waals surface area contributed by atoms with E-state index in [0.29, 0.717) is 43.3 Å². The molecular formula is C17H25ClFN3O. The van der Waals surface area contributed by atoms with E-state index in [9.17, 15) is 9.18 Å². The lowest BCUT2D eigenvalue weighted by molar-refractivity contribution is -0.136. The van der Waals surface area contributed by atoms with E-state index in [2.05, 4.69) is 4.90 Å². The van der Waals surface area contributed by atoms with Crippen LogP contribution in [0.5, 0.6) is 0 Å². The largest absolute Gasteiger partial charge is 0.339 e. The topological polar surface area (TPSA) is 49.6 Å². The molecule has 4 nitrogen and oxygen atoms in total. The van der Waals surface area contributed by atoms with E-state index in [0.717, 1.165) is 0 Å². The molecule has 1 fully saturated rings. The summed E-state index contributed by atoms with van der Waals surface area (Å²) in [6.07, 6.45) is 0. The van der Waals surface area contributed by atoms with Crippen molar-refractivity contribution in [2.45, 2.75) is 33.4 Å². The number of carbonyl (C=O) groups excluding carboxylic acids is 1. The third kappa shape index (κ3) is 4.43. The molecule has 0 bridgehead atoms. The smallest absolute Gasteiger partial charge is 0.240 e. The summed E-state index contributed by atoms with van der Waals surface area (Å²) in [4.78, 5) is 16.3. The number of carbonyl (C=O) groups is 1. The summed E-state index contributed by atoms with van der Waals surface area (Å²) in [5.41, 5.74) is 6.31. The molecule has 0 spiro atoms. The maximum Gasteiger partial charge on any atom is 0.240 e. The Morgan fingerprint density at radius 1 is 1.30 bits per heavy atom. The van der Waals surface area contributed by atoms with Crippen molar-refractivity contribution >= 4 is 17.5 Å². The van der Waals surface area contributed by atoms with Crippen LogP contribution in [0.2, 0.25) is 5.02 Å². The average Bonchev–Trinajstić information content (AvgIpc) is 2.49. The molecule has 1 heterocycles. The first-order valence-corrected chi connectivity index (χ1v) is 8.27. The standard InChI is InChI=1S/C17H25ClFN3O/c1-17(2,3)15(20)16(23)22-9-7-21(8-10-22)11-12-13(18)5-4-6-14(12)19/h4-6,15H,7-11,20H2,1-3H3/t15-/m1/s1. The molecule has 0 radical (unpaired) electrons. The van der Waals surface area contributed by atoms with Crippen molar-refractivity contribution in [2.24, 2.45) is 11.1 Å². The number of nitrogens with zero attached hydrogens (tertiary/aromatic N) is 2. The van der Waals surface area contributed by atoms with Crippen LogP contribution in [-0.2, 0) is 11.3 Å². The van der Waals surface area contributed by atoms with Gasteiger partial charge in [0.25, 0.3) is 0 Å². The van der Waals surface area contributed by atoms with Crippen LogP contribution < -0.4 is 5.73 Å². The van der Waals surface area contributed by atoms with Gasteiger partial charge in [-0.1, -0.05) is 38.4 Å². The van der Waals surface area contributed by atoms with Gasteiger partial charge in [0.05, 0.1) is 6.04 Å². The van der Waals surface area contributed by atoms with Gasteiger partial charge in [-0.3, -0.25) is 9.69 Å². The van der Waals surface area contributed by atoms with Crippen LogP contribution in [0, 0.1) is 11.2 Å². The van der Waals surface area contributed by atoms with E-state index in [1.165, 1.54) is 6.07 Å². The van der Waals surface area contributed by atoms with Crippen LogP contribution in [0.15, 0.2) is 18.2 Å². The van der Waals surface area contributed by atoms with E-state index >= 15 is 0 Å². The number of piperazine rings is 1. The van der Waals surface area contributed by atoms with Crippen LogP contribution in [0.4, 0.5) is 4.39 Å². The molecule has 1 amide bonds. The van der Waals surface area contributed by atoms with Crippen LogP contribution in [0.3, 0.4) is 0 Å². The molecule has 0 saturated carbocycles. The van der Waals surface area contributed by atoms with Crippen molar-refractivity contribution in [1.82, 2.24) is 9.80 Å². The molecule has 6 heteroatoms. The van der Waals surface area contributed by atoms with E-state index < -0.39 is 6.04 Å². The molecular weight excluding hydrogens is 317 g/mol. The molecule has 0 aromatic heterocycles. The lowest BCUT2D eigenvalue weighted by Crippen LogP contribution is -2.56. The summed E-state index contributed by atoms with van der Waals surface area (Å²) >= 11 is 6.07. The predicted molar refractivity (Wildman–Crippen MR) is 90.7 cm³/mol. The molecule has 1 aliphatic heterocycles. The Bertz CT molecular complexity index is 545. The highest BCUT2D eigenvalue weighted by atomic mass is 35.5. The zero-order valence-electron chi connectivity index (χ0n) is 14.0. The zero-order chi connectivity index (χ0) is 17.2. The number of halogens is 2. The first-order valence-electron chi connectivity index (χ1n) is 7.90. The number of hydrogen-bond acceptors (Lipinski definition) is 3. The lowest BCUT2D eigenvalue weighted by atomic mass is 9.86. The summed E-state index contributed by atoms with van der Waals surface area (Å²) in [7, 11) is 0.